The molecule has 1 aromatic heterocycles. The van der Waals surface area contributed by atoms with Gasteiger partial charge in [0.2, 0.25) is 0 Å². The molecule has 0 atom stereocenters. The van der Waals surface area contributed by atoms with Crippen molar-refractivity contribution < 1.29 is 14.8 Å². The van der Waals surface area contributed by atoms with E-state index in [9.17, 15) is 20.0 Å². The lowest BCUT2D eigenvalue weighted by Gasteiger charge is -2.11. The molecule has 3 aromatic rings. The van der Waals surface area contributed by atoms with E-state index in [2.05, 4.69) is 15.6 Å². The van der Waals surface area contributed by atoms with Gasteiger partial charge in [0.15, 0.2) is 0 Å². The predicted molar refractivity (Wildman–Crippen MR) is 102 cm³/mol. The van der Waals surface area contributed by atoms with Gasteiger partial charge in [0.05, 0.1) is 17.7 Å². The van der Waals surface area contributed by atoms with Crippen LogP contribution in [0.5, 0.6) is 0 Å². The summed E-state index contributed by atoms with van der Waals surface area (Å²) in [6, 6.07) is 12.6. The molecule has 0 aliphatic carbocycles. The lowest BCUT2D eigenvalue weighted by atomic mass is 10.1. The Hall–Kier alpha value is -3.59. The molecule has 0 aliphatic heterocycles. The van der Waals surface area contributed by atoms with E-state index >= 15 is 0 Å². The number of rotatable bonds is 6. The van der Waals surface area contributed by atoms with Gasteiger partial charge >= 0.3 is 0 Å². The van der Waals surface area contributed by atoms with Gasteiger partial charge in [0, 0.05) is 23.4 Å². The third kappa shape index (κ3) is 4.57. The molecule has 2 N–H and O–H groups in total. The number of benzene rings is 2. The van der Waals surface area contributed by atoms with E-state index in [1.807, 2.05) is 0 Å². The van der Waals surface area contributed by atoms with E-state index in [0.717, 1.165) is 5.56 Å². The molecule has 0 unspecified atom stereocenters. The Morgan fingerprint density at radius 3 is 2.36 bits per heavy atom. The van der Waals surface area contributed by atoms with Crippen molar-refractivity contribution in [1.29, 1.82) is 0 Å². The van der Waals surface area contributed by atoms with Gasteiger partial charge in [-0.3, -0.25) is 14.9 Å². The molecule has 0 spiro atoms. The van der Waals surface area contributed by atoms with Crippen LogP contribution in [0.3, 0.4) is 0 Å². The average molecular weight is 381 g/mol. The van der Waals surface area contributed by atoms with Crippen molar-refractivity contribution in [2.45, 2.75) is 26.0 Å². The van der Waals surface area contributed by atoms with Crippen LogP contribution in [0, 0.1) is 10.1 Å². The lowest BCUT2D eigenvalue weighted by molar-refractivity contribution is -0.384. The van der Waals surface area contributed by atoms with Crippen LogP contribution in [0.15, 0.2) is 54.7 Å². The zero-order chi connectivity index (χ0) is 20.3. The molecule has 0 aliphatic rings. The molecule has 0 saturated heterocycles. The van der Waals surface area contributed by atoms with Crippen molar-refractivity contribution >= 4 is 17.3 Å². The number of hydrogen-bond donors (Lipinski definition) is 2. The number of nitro benzene ring substituents is 1. The molecule has 9 nitrogen and oxygen atoms in total. The van der Waals surface area contributed by atoms with Gasteiger partial charge in [-0.15, -0.1) is 5.10 Å². The number of anilines is 1. The number of aliphatic hydroxyl groups is 1. The van der Waals surface area contributed by atoms with Crippen LogP contribution >= 0.6 is 0 Å². The number of non-ortho nitro benzene ring substituents is 1. The first-order chi connectivity index (χ1) is 13.2. The van der Waals surface area contributed by atoms with Crippen molar-refractivity contribution in [3.8, 4) is 0 Å². The van der Waals surface area contributed by atoms with Gasteiger partial charge in [-0.25, -0.2) is 4.68 Å². The van der Waals surface area contributed by atoms with E-state index in [1.165, 1.54) is 24.3 Å². The molecule has 0 fully saturated rings. The van der Waals surface area contributed by atoms with Crippen LogP contribution in [0.25, 0.3) is 0 Å². The monoisotopic (exact) mass is 381 g/mol. The van der Waals surface area contributed by atoms with Crippen LogP contribution in [0.1, 0.15) is 35.5 Å². The number of amides is 1. The highest BCUT2D eigenvalue weighted by molar-refractivity contribution is 6.04. The standard InChI is InChI=1S/C19H19N5O4/c1-19(2,26)17-12-23(22-21-17)11-13-3-5-14(6-4-13)18(25)20-15-7-9-16(10-8-15)24(27)28/h3-10,12,26H,11H2,1-2H3,(H,20,25). The van der Waals surface area contributed by atoms with Crippen molar-refractivity contribution in [2.75, 3.05) is 5.32 Å². The molecule has 0 bridgehead atoms. The van der Waals surface area contributed by atoms with E-state index < -0.39 is 10.5 Å². The molecule has 144 valence electrons. The molecule has 0 radical (unpaired) electrons. The molecule has 2 aromatic carbocycles. The number of nitrogens with zero attached hydrogens (tertiary/aromatic N) is 4. The normalized spacial score (nSPS) is 11.2. The summed E-state index contributed by atoms with van der Waals surface area (Å²) in [4.78, 5) is 22.5. The summed E-state index contributed by atoms with van der Waals surface area (Å²) < 4.78 is 1.61. The summed E-state index contributed by atoms with van der Waals surface area (Å²) in [5.74, 6) is -0.314. The van der Waals surface area contributed by atoms with Crippen LogP contribution in [-0.4, -0.2) is 30.9 Å². The highest BCUT2D eigenvalue weighted by Gasteiger charge is 2.20. The summed E-state index contributed by atoms with van der Waals surface area (Å²) in [5.41, 5.74) is 1.23. The van der Waals surface area contributed by atoms with Crippen LogP contribution < -0.4 is 5.32 Å². The highest BCUT2D eigenvalue weighted by Crippen LogP contribution is 2.18. The summed E-state index contributed by atoms with van der Waals surface area (Å²) in [6.07, 6.45) is 1.68. The fourth-order valence-corrected chi connectivity index (χ4v) is 2.47. The van der Waals surface area contributed by atoms with Gasteiger partial charge in [0.25, 0.3) is 11.6 Å². The Morgan fingerprint density at radius 1 is 1.18 bits per heavy atom. The van der Waals surface area contributed by atoms with Crippen molar-refractivity contribution in [2.24, 2.45) is 0 Å². The molecule has 1 amide bonds. The van der Waals surface area contributed by atoms with E-state index in [1.54, 1.807) is 49.0 Å². The predicted octanol–water partition coefficient (Wildman–Crippen LogP) is 2.71. The maximum atomic E-state index is 12.3. The minimum Gasteiger partial charge on any atom is -0.384 e. The van der Waals surface area contributed by atoms with E-state index in [-0.39, 0.29) is 11.6 Å². The Balaban J connectivity index is 1.64. The van der Waals surface area contributed by atoms with Crippen molar-refractivity contribution in [3.63, 3.8) is 0 Å². The molecule has 9 heteroatoms. The molecule has 28 heavy (non-hydrogen) atoms. The molecular formula is C19H19N5O4. The second kappa shape index (κ2) is 7.57. The Kier molecular flexibility index (Phi) is 5.18. The third-order valence-corrected chi connectivity index (χ3v) is 4.06. The lowest BCUT2D eigenvalue weighted by Crippen LogP contribution is -2.15. The van der Waals surface area contributed by atoms with Gasteiger partial charge in [0.1, 0.15) is 11.3 Å². The van der Waals surface area contributed by atoms with Gasteiger partial charge in [-0.2, -0.15) is 0 Å². The number of carbonyl (C=O) groups is 1. The number of carbonyl (C=O) groups excluding carboxylic acids is 1. The minimum absolute atomic E-state index is 0.0387. The van der Waals surface area contributed by atoms with E-state index in [0.29, 0.717) is 23.5 Å². The number of aromatic nitrogens is 3. The topological polar surface area (TPSA) is 123 Å². The van der Waals surface area contributed by atoms with Crippen LogP contribution in [0.2, 0.25) is 0 Å². The number of hydrogen-bond acceptors (Lipinski definition) is 6. The zero-order valence-corrected chi connectivity index (χ0v) is 15.4. The first-order valence-electron chi connectivity index (χ1n) is 8.50. The first kappa shape index (κ1) is 19.2. The summed E-state index contributed by atoms with van der Waals surface area (Å²) in [6.45, 7) is 3.73. The number of nitrogens with one attached hydrogen (secondary N) is 1. The van der Waals surface area contributed by atoms with Crippen LogP contribution in [-0.2, 0) is 12.1 Å². The molecule has 0 saturated carbocycles. The fourth-order valence-electron chi connectivity index (χ4n) is 2.47. The fraction of sp³-hybridized carbons (Fsp3) is 0.211. The smallest absolute Gasteiger partial charge is 0.269 e. The summed E-state index contributed by atoms with van der Waals surface area (Å²) in [7, 11) is 0. The van der Waals surface area contributed by atoms with Crippen molar-refractivity contribution in [3.05, 3.63) is 81.7 Å². The van der Waals surface area contributed by atoms with Crippen LogP contribution in [0.4, 0.5) is 11.4 Å². The number of nitro groups is 1. The molecular weight excluding hydrogens is 362 g/mol. The maximum absolute atomic E-state index is 12.3. The Labute approximate surface area is 160 Å². The van der Waals surface area contributed by atoms with Crippen molar-refractivity contribution in [1.82, 2.24) is 15.0 Å². The van der Waals surface area contributed by atoms with Gasteiger partial charge in [-0.1, -0.05) is 17.3 Å². The molecule has 1 heterocycles. The van der Waals surface area contributed by atoms with Gasteiger partial charge in [-0.05, 0) is 43.7 Å². The maximum Gasteiger partial charge on any atom is 0.269 e. The van der Waals surface area contributed by atoms with E-state index in [4.69, 9.17) is 0 Å². The zero-order valence-electron chi connectivity index (χ0n) is 15.4. The summed E-state index contributed by atoms with van der Waals surface area (Å²) >= 11 is 0. The largest absolute Gasteiger partial charge is 0.384 e. The second-order valence-electron chi connectivity index (χ2n) is 6.82. The molecule has 3 rings (SSSR count). The SMILES string of the molecule is CC(C)(O)c1cn(Cc2ccc(C(=O)Nc3ccc([N+](=O)[O-])cc3)cc2)nn1. The second-order valence-corrected chi connectivity index (χ2v) is 6.82. The van der Waals surface area contributed by atoms with Gasteiger partial charge < -0.3 is 10.4 Å². The first-order valence-corrected chi connectivity index (χ1v) is 8.50. The average Bonchev–Trinajstić information content (AvgIpc) is 3.12. The summed E-state index contributed by atoms with van der Waals surface area (Å²) in [5, 5.41) is 31.2. The Bertz CT molecular complexity index is 988. The quantitative estimate of drug-likeness (QED) is 0.500. The Morgan fingerprint density at radius 2 is 1.82 bits per heavy atom. The third-order valence-electron chi connectivity index (χ3n) is 4.06. The minimum atomic E-state index is -1.06. The highest BCUT2D eigenvalue weighted by atomic mass is 16.6.